The summed E-state index contributed by atoms with van der Waals surface area (Å²) < 4.78 is 2.45. The van der Waals surface area contributed by atoms with Crippen LogP contribution in [0.1, 0.15) is 10.4 Å². The lowest BCUT2D eigenvalue weighted by molar-refractivity contribution is 0.112. The average Bonchev–Trinajstić information content (AvgIpc) is 2.66. The summed E-state index contributed by atoms with van der Waals surface area (Å²) in [4.78, 5) is 10.7. The minimum Gasteiger partial charge on any atom is -0.298 e. The van der Waals surface area contributed by atoms with Gasteiger partial charge in [0.25, 0.3) is 0 Å². The zero-order chi connectivity index (χ0) is 10.3. The highest BCUT2D eigenvalue weighted by Crippen LogP contribution is 2.33. The lowest BCUT2D eigenvalue weighted by atomic mass is 10.1. The van der Waals surface area contributed by atoms with E-state index >= 15 is 0 Å². The number of fused-ring (bicyclic) bond motifs is 3. The Kier molecular flexibility index (Phi) is 1.82. The summed E-state index contributed by atoms with van der Waals surface area (Å²) in [6, 6.07) is 14.2. The molecule has 1 nitrogen and oxygen atoms in total. The van der Waals surface area contributed by atoms with Crippen molar-refractivity contribution in [2.45, 2.75) is 0 Å². The van der Waals surface area contributed by atoms with Crippen molar-refractivity contribution in [2.24, 2.45) is 0 Å². The molecule has 0 spiro atoms. The van der Waals surface area contributed by atoms with Crippen LogP contribution < -0.4 is 0 Å². The number of hydrogen-bond acceptors (Lipinski definition) is 2. The van der Waals surface area contributed by atoms with Gasteiger partial charge in [-0.2, -0.15) is 0 Å². The first-order valence-corrected chi connectivity index (χ1v) is 5.56. The lowest BCUT2D eigenvalue weighted by Gasteiger charge is -1.91. The molecule has 0 radical (unpaired) electrons. The quantitative estimate of drug-likeness (QED) is 0.560. The number of benzene rings is 2. The number of carbonyl (C=O) groups excluding carboxylic acids is 1. The normalized spacial score (nSPS) is 10.9. The van der Waals surface area contributed by atoms with E-state index in [0.717, 1.165) is 11.8 Å². The number of thiophene rings is 1. The molecule has 1 heterocycles. The van der Waals surface area contributed by atoms with E-state index in [2.05, 4.69) is 12.1 Å². The molecule has 3 aromatic rings. The van der Waals surface area contributed by atoms with Crippen LogP contribution in [0.15, 0.2) is 42.5 Å². The third kappa shape index (κ3) is 1.26. The Bertz CT molecular complexity index is 652. The lowest BCUT2D eigenvalue weighted by Crippen LogP contribution is -1.75. The minimum absolute atomic E-state index is 0.744. The first kappa shape index (κ1) is 8.62. The van der Waals surface area contributed by atoms with Crippen LogP contribution in [0.3, 0.4) is 0 Å². The van der Waals surface area contributed by atoms with E-state index in [4.69, 9.17) is 0 Å². The summed E-state index contributed by atoms with van der Waals surface area (Å²) in [7, 11) is 0. The molecule has 0 N–H and O–H groups in total. The van der Waals surface area contributed by atoms with Crippen LogP contribution in [0.5, 0.6) is 0 Å². The summed E-state index contributed by atoms with van der Waals surface area (Å²) in [5, 5.41) is 2.51. The third-order valence-electron chi connectivity index (χ3n) is 2.54. The van der Waals surface area contributed by atoms with E-state index < -0.39 is 0 Å². The second-order valence-electron chi connectivity index (χ2n) is 3.47. The maximum Gasteiger partial charge on any atom is 0.150 e. The molecule has 1 aromatic heterocycles. The number of hydrogen-bond donors (Lipinski definition) is 0. The van der Waals surface area contributed by atoms with E-state index in [1.807, 2.05) is 30.3 Å². The Hall–Kier alpha value is -1.67. The predicted molar refractivity (Wildman–Crippen MR) is 64.7 cm³/mol. The predicted octanol–water partition coefficient (Wildman–Crippen LogP) is 3.87. The van der Waals surface area contributed by atoms with Gasteiger partial charge in [-0.15, -0.1) is 11.3 Å². The summed E-state index contributed by atoms with van der Waals surface area (Å²) in [5.41, 5.74) is 0.744. The minimum atomic E-state index is 0.744. The molecule has 0 saturated carbocycles. The Labute approximate surface area is 91.0 Å². The number of carbonyl (C=O) groups is 1. The molecule has 0 fully saturated rings. The van der Waals surface area contributed by atoms with Gasteiger partial charge in [0, 0.05) is 25.7 Å². The summed E-state index contributed by atoms with van der Waals surface area (Å²) in [5.74, 6) is 0. The number of rotatable bonds is 1. The van der Waals surface area contributed by atoms with Crippen molar-refractivity contribution >= 4 is 37.8 Å². The highest BCUT2D eigenvalue weighted by molar-refractivity contribution is 7.25. The van der Waals surface area contributed by atoms with Crippen molar-refractivity contribution < 1.29 is 4.79 Å². The molecule has 0 amide bonds. The van der Waals surface area contributed by atoms with Gasteiger partial charge in [0.1, 0.15) is 6.29 Å². The fourth-order valence-corrected chi connectivity index (χ4v) is 2.97. The van der Waals surface area contributed by atoms with Gasteiger partial charge >= 0.3 is 0 Å². The van der Waals surface area contributed by atoms with Gasteiger partial charge < -0.3 is 0 Å². The molecule has 0 bridgehead atoms. The van der Waals surface area contributed by atoms with E-state index in [0.29, 0.717) is 0 Å². The monoisotopic (exact) mass is 212 g/mol. The van der Waals surface area contributed by atoms with E-state index in [-0.39, 0.29) is 0 Å². The Morgan fingerprint density at radius 2 is 1.73 bits per heavy atom. The number of aldehydes is 1. The van der Waals surface area contributed by atoms with E-state index in [9.17, 15) is 4.79 Å². The molecule has 3 rings (SSSR count). The smallest absolute Gasteiger partial charge is 0.150 e. The molecule has 15 heavy (non-hydrogen) atoms. The SMILES string of the molecule is O=Cc1ccc2c(c1)sc1ccccc12. The molecular formula is C13H8OS. The first-order valence-electron chi connectivity index (χ1n) is 4.75. The fourth-order valence-electron chi connectivity index (χ4n) is 1.82. The summed E-state index contributed by atoms with van der Waals surface area (Å²) >= 11 is 1.73. The van der Waals surface area contributed by atoms with Gasteiger partial charge in [-0.05, 0) is 12.1 Å². The Morgan fingerprint density at radius 1 is 0.933 bits per heavy atom. The van der Waals surface area contributed by atoms with Crippen molar-refractivity contribution in [3.05, 3.63) is 48.0 Å². The third-order valence-corrected chi connectivity index (χ3v) is 3.67. The van der Waals surface area contributed by atoms with Crippen LogP contribution in [0, 0.1) is 0 Å². The van der Waals surface area contributed by atoms with E-state index in [1.54, 1.807) is 11.3 Å². The van der Waals surface area contributed by atoms with Crippen LogP contribution in [0.4, 0.5) is 0 Å². The largest absolute Gasteiger partial charge is 0.298 e. The van der Waals surface area contributed by atoms with Crippen molar-refractivity contribution in [1.82, 2.24) is 0 Å². The second kappa shape index (κ2) is 3.17. The van der Waals surface area contributed by atoms with E-state index in [1.165, 1.54) is 20.2 Å². The van der Waals surface area contributed by atoms with Crippen LogP contribution >= 0.6 is 11.3 Å². The average molecular weight is 212 g/mol. The van der Waals surface area contributed by atoms with Crippen molar-refractivity contribution in [1.29, 1.82) is 0 Å². The highest BCUT2D eigenvalue weighted by Gasteiger charge is 2.03. The van der Waals surface area contributed by atoms with Crippen molar-refractivity contribution in [3.63, 3.8) is 0 Å². The van der Waals surface area contributed by atoms with Gasteiger partial charge in [-0.1, -0.05) is 30.3 Å². The maximum atomic E-state index is 10.7. The van der Waals surface area contributed by atoms with Crippen LogP contribution in [0.2, 0.25) is 0 Å². The molecule has 0 saturated heterocycles. The molecule has 0 aliphatic heterocycles. The first-order chi connectivity index (χ1) is 7.38. The fraction of sp³-hybridized carbons (Fsp3) is 0. The zero-order valence-corrected chi connectivity index (χ0v) is 8.75. The second-order valence-corrected chi connectivity index (χ2v) is 4.56. The van der Waals surface area contributed by atoms with Gasteiger partial charge in [0.05, 0.1) is 0 Å². The molecule has 0 aliphatic carbocycles. The summed E-state index contributed by atoms with van der Waals surface area (Å²) in [6.45, 7) is 0. The molecule has 0 aliphatic rings. The summed E-state index contributed by atoms with van der Waals surface area (Å²) in [6.07, 6.45) is 0.893. The molecule has 2 aromatic carbocycles. The standard InChI is InChI=1S/C13H8OS/c14-8-9-5-6-11-10-3-1-2-4-12(10)15-13(11)7-9/h1-8H. The molecule has 2 heteroatoms. The molecule has 0 unspecified atom stereocenters. The van der Waals surface area contributed by atoms with Gasteiger partial charge in [-0.3, -0.25) is 4.79 Å². The van der Waals surface area contributed by atoms with Crippen molar-refractivity contribution in [2.75, 3.05) is 0 Å². The van der Waals surface area contributed by atoms with Crippen molar-refractivity contribution in [3.8, 4) is 0 Å². The molecular weight excluding hydrogens is 204 g/mol. The van der Waals surface area contributed by atoms with Crippen LogP contribution in [-0.4, -0.2) is 6.29 Å². The van der Waals surface area contributed by atoms with Crippen LogP contribution in [0.25, 0.3) is 20.2 Å². The topological polar surface area (TPSA) is 17.1 Å². The Balaban J connectivity index is 2.48. The van der Waals surface area contributed by atoms with Gasteiger partial charge in [0.15, 0.2) is 0 Å². The highest BCUT2D eigenvalue weighted by atomic mass is 32.1. The Morgan fingerprint density at radius 3 is 2.60 bits per heavy atom. The van der Waals surface area contributed by atoms with Gasteiger partial charge in [0.2, 0.25) is 0 Å². The molecule has 72 valence electrons. The maximum absolute atomic E-state index is 10.7. The zero-order valence-electron chi connectivity index (χ0n) is 7.94. The molecule has 0 atom stereocenters. The van der Waals surface area contributed by atoms with Gasteiger partial charge in [-0.25, -0.2) is 0 Å². The van der Waals surface area contributed by atoms with Crippen LogP contribution in [-0.2, 0) is 0 Å².